The fraction of sp³-hybridized carbons (Fsp3) is 0.333. The zero-order chi connectivity index (χ0) is 21.5. The number of hydrogen-bond acceptors (Lipinski definition) is 1. The van der Waals surface area contributed by atoms with Gasteiger partial charge in [0.05, 0.1) is 7.11 Å². The van der Waals surface area contributed by atoms with E-state index in [1.54, 1.807) is 12.1 Å². The Morgan fingerprint density at radius 3 is 2.67 bits per heavy atom. The van der Waals surface area contributed by atoms with Gasteiger partial charge in [-0.15, -0.1) is 11.6 Å². The van der Waals surface area contributed by atoms with Crippen LogP contribution in [0.2, 0.25) is 0 Å². The number of alkyl halides is 1. The van der Waals surface area contributed by atoms with Crippen molar-refractivity contribution in [1.82, 2.24) is 0 Å². The van der Waals surface area contributed by atoms with Gasteiger partial charge in [0.15, 0.2) is 0 Å². The molecule has 0 bridgehead atoms. The molecule has 0 spiro atoms. The third-order valence-electron chi connectivity index (χ3n) is 3.25. The highest BCUT2D eigenvalue weighted by molar-refractivity contribution is 6.17. The largest absolute Gasteiger partial charge is 0.496 e. The summed E-state index contributed by atoms with van der Waals surface area (Å²) in [4.78, 5) is 0. The minimum Gasteiger partial charge on any atom is -0.496 e. The van der Waals surface area contributed by atoms with Crippen molar-refractivity contribution in [2.45, 2.75) is 32.4 Å². The Balaban J connectivity index is 2.89. The van der Waals surface area contributed by atoms with Crippen LogP contribution in [0.5, 0.6) is 5.75 Å². The zero-order valence-electron chi connectivity index (χ0n) is 18.8. The number of benzene rings is 2. The Kier molecular flexibility index (Phi) is 2.72. The first kappa shape index (κ1) is 8.79. The van der Waals surface area contributed by atoms with Gasteiger partial charge in [0.1, 0.15) is 11.6 Å². The number of methoxy groups -OCH3 is 1. The van der Waals surface area contributed by atoms with Gasteiger partial charge in [0.25, 0.3) is 0 Å². The van der Waals surface area contributed by atoms with Crippen molar-refractivity contribution in [2.24, 2.45) is 0 Å². The molecule has 0 saturated heterocycles. The molecule has 2 aromatic rings. The van der Waals surface area contributed by atoms with Crippen molar-refractivity contribution in [3.05, 3.63) is 52.8 Å². The van der Waals surface area contributed by atoms with Crippen molar-refractivity contribution in [3.8, 4) is 16.9 Å². The molecule has 0 amide bonds. The van der Waals surface area contributed by atoms with E-state index in [9.17, 15) is 4.39 Å². The molecule has 0 aromatic heterocycles. The third-order valence-corrected chi connectivity index (χ3v) is 3.54. The Bertz CT molecular complexity index is 863. The van der Waals surface area contributed by atoms with Crippen molar-refractivity contribution < 1.29 is 18.7 Å². The monoisotopic (exact) mass is 313 g/mol. The molecule has 0 aliphatic rings. The molecule has 2 rings (SSSR count). The summed E-state index contributed by atoms with van der Waals surface area (Å²) >= 11 is 6.02. The number of rotatable bonds is 4. The Labute approximate surface area is 140 Å². The van der Waals surface area contributed by atoms with Gasteiger partial charge < -0.3 is 4.74 Å². The van der Waals surface area contributed by atoms with E-state index in [1.807, 2.05) is 13.0 Å². The number of halogens is 2. The third kappa shape index (κ3) is 3.21. The van der Waals surface area contributed by atoms with Crippen LogP contribution in [0.25, 0.3) is 11.1 Å². The second-order valence-electron chi connectivity index (χ2n) is 4.70. The minimum atomic E-state index is -3.30. The summed E-state index contributed by atoms with van der Waals surface area (Å²) in [5.41, 5.74) is 1.66. The molecule has 0 aliphatic carbocycles. The van der Waals surface area contributed by atoms with E-state index >= 15 is 0 Å². The standard InChI is InChI=1S/C18H20ClFO/c1-11(2)15-8-16(18(21-4)9-17(15)20)14-6-5-12(3)7-13(14)10-19/h5-9,11H,10H2,1-4H3/i1D3,2D3,11D. The van der Waals surface area contributed by atoms with Crippen LogP contribution in [-0.2, 0) is 5.88 Å². The Hall–Kier alpha value is -1.54. The molecular weight excluding hydrogens is 287 g/mol. The number of hydrogen-bond donors (Lipinski definition) is 0. The average molecular weight is 314 g/mol. The Morgan fingerprint density at radius 1 is 1.29 bits per heavy atom. The van der Waals surface area contributed by atoms with E-state index in [0.29, 0.717) is 11.1 Å². The number of ether oxygens (including phenoxy) is 1. The fourth-order valence-corrected chi connectivity index (χ4v) is 2.44. The van der Waals surface area contributed by atoms with Gasteiger partial charge in [0, 0.05) is 27.1 Å². The first-order chi connectivity index (χ1) is 12.8. The molecule has 21 heavy (non-hydrogen) atoms. The molecule has 112 valence electrons. The molecule has 1 nitrogen and oxygen atoms in total. The smallest absolute Gasteiger partial charge is 0.130 e. The van der Waals surface area contributed by atoms with Gasteiger partial charge in [-0.05, 0) is 35.6 Å². The summed E-state index contributed by atoms with van der Waals surface area (Å²) < 4.78 is 74.1. The molecule has 0 heterocycles. The molecule has 0 atom stereocenters. The normalized spacial score (nSPS) is 17.6. The lowest BCUT2D eigenvalue weighted by atomic mass is 9.93. The topological polar surface area (TPSA) is 9.23 Å². The second-order valence-corrected chi connectivity index (χ2v) is 4.97. The molecule has 0 unspecified atom stereocenters. The lowest BCUT2D eigenvalue weighted by Gasteiger charge is -2.16. The van der Waals surface area contributed by atoms with E-state index < -0.39 is 31.0 Å². The zero-order valence-corrected chi connectivity index (χ0v) is 12.5. The SMILES string of the molecule is [2H]C([2H])([2H])C([2H])(c1cc(-c2ccc(C)cc2CCl)c(OC)cc1F)C([2H])([2H])[2H]. The van der Waals surface area contributed by atoms with Gasteiger partial charge in [-0.3, -0.25) is 0 Å². The maximum Gasteiger partial charge on any atom is 0.130 e. The fourth-order valence-electron chi connectivity index (χ4n) is 2.22. The second kappa shape index (κ2) is 6.48. The summed E-state index contributed by atoms with van der Waals surface area (Å²) in [6.45, 7) is -4.73. The van der Waals surface area contributed by atoms with Gasteiger partial charge in [-0.1, -0.05) is 37.5 Å². The molecule has 0 radical (unpaired) electrons. The maximum absolute atomic E-state index is 14.8. The van der Waals surface area contributed by atoms with E-state index in [2.05, 4.69) is 0 Å². The van der Waals surface area contributed by atoms with Crippen molar-refractivity contribution in [1.29, 1.82) is 0 Å². The lowest BCUT2D eigenvalue weighted by molar-refractivity contribution is 0.412. The van der Waals surface area contributed by atoms with Crippen LogP contribution in [0.3, 0.4) is 0 Å². The Morgan fingerprint density at radius 2 is 2.05 bits per heavy atom. The quantitative estimate of drug-likeness (QED) is 0.661. The van der Waals surface area contributed by atoms with E-state index in [-0.39, 0.29) is 17.2 Å². The molecule has 0 N–H and O–H groups in total. The number of aryl methyl sites for hydroxylation is 1. The minimum absolute atomic E-state index is 0.0786. The van der Waals surface area contributed by atoms with E-state index in [0.717, 1.165) is 17.7 Å². The van der Waals surface area contributed by atoms with Crippen molar-refractivity contribution in [3.63, 3.8) is 0 Å². The van der Waals surface area contributed by atoms with Gasteiger partial charge in [0.2, 0.25) is 0 Å². The predicted octanol–water partition coefficient (Wildman–Crippen LogP) is 5.67. The van der Waals surface area contributed by atoms with Crippen molar-refractivity contribution in [2.75, 3.05) is 7.11 Å². The summed E-state index contributed by atoms with van der Waals surface area (Å²) in [7, 11) is 1.31. The molecule has 2 aromatic carbocycles. The van der Waals surface area contributed by atoms with Gasteiger partial charge in [-0.2, -0.15) is 0 Å². The summed E-state index contributed by atoms with van der Waals surface area (Å²) in [6.07, 6.45) is 0. The van der Waals surface area contributed by atoms with Crippen LogP contribution in [0.1, 0.15) is 45.9 Å². The molecule has 0 fully saturated rings. The van der Waals surface area contributed by atoms with Crippen LogP contribution in [0.15, 0.2) is 30.3 Å². The van der Waals surface area contributed by atoms with Crippen LogP contribution in [-0.4, -0.2) is 7.11 Å². The summed E-state index contributed by atoms with van der Waals surface area (Å²) in [6, 6.07) is 7.29. The van der Waals surface area contributed by atoms with Crippen molar-refractivity contribution >= 4 is 11.6 Å². The van der Waals surface area contributed by atoms with Crippen LogP contribution in [0.4, 0.5) is 4.39 Å². The molecule has 0 aliphatic heterocycles. The molecule has 3 heteroatoms. The van der Waals surface area contributed by atoms with E-state index in [1.165, 1.54) is 7.11 Å². The van der Waals surface area contributed by atoms with Crippen LogP contribution >= 0.6 is 11.6 Å². The van der Waals surface area contributed by atoms with Gasteiger partial charge >= 0.3 is 0 Å². The maximum atomic E-state index is 14.8. The van der Waals surface area contributed by atoms with Crippen LogP contribution in [0, 0.1) is 12.7 Å². The summed E-state index contributed by atoms with van der Waals surface area (Å²) in [5, 5.41) is 0. The highest BCUT2D eigenvalue weighted by Crippen LogP contribution is 2.37. The van der Waals surface area contributed by atoms with E-state index in [4.69, 9.17) is 25.9 Å². The lowest BCUT2D eigenvalue weighted by Crippen LogP contribution is -1.99. The first-order valence-electron chi connectivity index (χ1n) is 9.81. The predicted molar refractivity (Wildman–Crippen MR) is 86.8 cm³/mol. The average Bonchev–Trinajstić information content (AvgIpc) is 2.58. The first-order valence-corrected chi connectivity index (χ1v) is 6.85. The summed E-state index contributed by atoms with van der Waals surface area (Å²) in [5.74, 6) is -4.09. The highest BCUT2D eigenvalue weighted by Gasteiger charge is 2.16. The van der Waals surface area contributed by atoms with Crippen LogP contribution < -0.4 is 4.74 Å². The molecule has 0 saturated carbocycles. The van der Waals surface area contributed by atoms with Gasteiger partial charge in [-0.25, -0.2) is 4.39 Å². The highest BCUT2D eigenvalue weighted by atomic mass is 35.5. The molecular formula is C18H20ClFO.